The fourth-order valence-electron chi connectivity index (χ4n) is 2.47. The van der Waals surface area contributed by atoms with E-state index in [1.807, 2.05) is 18.3 Å². The van der Waals surface area contributed by atoms with Gasteiger partial charge in [-0.1, -0.05) is 12.1 Å². The SMILES string of the molecule is Cc1cc([N+](=O)[O-])ccc1NC(=O)c1ccc(Cn2cc(Br)cn2)cc1. The summed E-state index contributed by atoms with van der Waals surface area (Å²) in [5.74, 6) is -0.268. The summed E-state index contributed by atoms with van der Waals surface area (Å²) in [7, 11) is 0. The molecule has 0 fully saturated rings. The molecule has 0 bridgehead atoms. The van der Waals surface area contributed by atoms with Gasteiger partial charge in [0.05, 0.1) is 22.1 Å². The maximum absolute atomic E-state index is 12.4. The zero-order chi connectivity index (χ0) is 18.7. The van der Waals surface area contributed by atoms with Crippen LogP contribution in [-0.4, -0.2) is 20.6 Å². The molecule has 0 atom stereocenters. The van der Waals surface area contributed by atoms with Crippen molar-refractivity contribution in [1.82, 2.24) is 9.78 Å². The normalized spacial score (nSPS) is 10.5. The van der Waals surface area contributed by atoms with Gasteiger partial charge >= 0.3 is 0 Å². The molecule has 0 aliphatic rings. The van der Waals surface area contributed by atoms with Gasteiger partial charge < -0.3 is 5.32 Å². The van der Waals surface area contributed by atoms with Gasteiger partial charge in [0.2, 0.25) is 0 Å². The smallest absolute Gasteiger partial charge is 0.269 e. The highest BCUT2D eigenvalue weighted by atomic mass is 79.9. The van der Waals surface area contributed by atoms with Crippen molar-refractivity contribution in [1.29, 1.82) is 0 Å². The molecule has 8 heteroatoms. The maximum atomic E-state index is 12.4. The van der Waals surface area contributed by atoms with Crippen molar-refractivity contribution in [2.45, 2.75) is 13.5 Å². The maximum Gasteiger partial charge on any atom is 0.269 e. The Bertz CT molecular complexity index is 967. The van der Waals surface area contributed by atoms with Crippen molar-refractivity contribution in [3.05, 3.63) is 86.1 Å². The third-order valence-corrected chi connectivity index (χ3v) is 4.24. The third-order valence-electron chi connectivity index (χ3n) is 3.83. The van der Waals surface area contributed by atoms with Crippen molar-refractivity contribution in [2.75, 3.05) is 5.32 Å². The molecule has 26 heavy (non-hydrogen) atoms. The minimum absolute atomic E-state index is 0.00453. The molecule has 2 aromatic carbocycles. The number of nitrogens with one attached hydrogen (secondary N) is 1. The quantitative estimate of drug-likeness (QED) is 0.501. The number of carbonyl (C=O) groups excluding carboxylic acids is 1. The number of anilines is 1. The zero-order valence-electron chi connectivity index (χ0n) is 13.8. The van der Waals surface area contributed by atoms with Gasteiger partial charge in [-0.2, -0.15) is 5.10 Å². The molecule has 1 heterocycles. The molecule has 0 aliphatic heterocycles. The number of rotatable bonds is 5. The molecule has 1 aromatic heterocycles. The van der Waals surface area contributed by atoms with Gasteiger partial charge in [-0.3, -0.25) is 19.6 Å². The number of hydrogen-bond donors (Lipinski definition) is 1. The van der Waals surface area contributed by atoms with E-state index >= 15 is 0 Å². The van der Waals surface area contributed by atoms with Crippen LogP contribution in [-0.2, 0) is 6.54 Å². The predicted molar refractivity (Wildman–Crippen MR) is 101 cm³/mol. The first-order valence-corrected chi connectivity index (χ1v) is 8.55. The van der Waals surface area contributed by atoms with Crippen LogP contribution >= 0.6 is 15.9 Å². The lowest BCUT2D eigenvalue weighted by Gasteiger charge is -2.09. The fourth-order valence-corrected chi connectivity index (χ4v) is 2.80. The molecule has 7 nitrogen and oxygen atoms in total. The number of nitro benzene ring substituents is 1. The number of halogens is 1. The standard InChI is InChI=1S/C18H15BrN4O3/c1-12-8-16(23(25)26)6-7-17(12)21-18(24)14-4-2-13(3-5-14)10-22-11-15(19)9-20-22/h2-9,11H,10H2,1H3,(H,21,24). The third kappa shape index (κ3) is 4.15. The summed E-state index contributed by atoms with van der Waals surface area (Å²) in [6, 6.07) is 11.6. The molecule has 0 saturated carbocycles. The Morgan fingerprint density at radius 2 is 2.00 bits per heavy atom. The van der Waals surface area contributed by atoms with Gasteiger partial charge in [0, 0.05) is 29.6 Å². The number of aromatic nitrogens is 2. The predicted octanol–water partition coefficient (Wildman–Crippen LogP) is 4.16. The summed E-state index contributed by atoms with van der Waals surface area (Å²) in [5, 5.41) is 17.8. The van der Waals surface area contributed by atoms with Crippen LogP contribution in [0.4, 0.5) is 11.4 Å². The Morgan fingerprint density at radius 1 is 1.27 bits per heavy atom. The molecule has 0 radical (unpaired) electrons. The van der Waals surface area contributed by atoms with Crippen LogP contribution in [0.2, 0.25) is 0 Å². The lowest BCUT2D eigenvalue weighted by atomic mass is 10.1. The van der Waals surface area contributed by atoms with Crippen molar-refractivity contribution >= 4 is 33.2 Å². The van der Waals surface area contributed by atoms with E-state index in [9.17, 15) is 14.9 Å². The number of benzene rings is 2. The first-order chi connectivity index (χ1) is 12.4. The number of nitrogens with zero attached hydrogens (tertiary/aromatic N) is 3. The summed E-state index contributed by atoms with van der Waals surface area (Å²) < 4.78 is 2.70. The van der Waals surface area contributed by atoms with Crippen LogP contribution < -0.4 is 5.32 Å². The monoisotopic (exact) mass is 414 g/mol. The molecule has 1 amide bonds. The molecule has 3 aromatic rings. The molecular formula is C18H15BrN4O3. The largest absolute Gasteiger partial charge is 0.322 e. The minimum Gasteiger partial charge on any atom is -0.322 e. The highest BCUT2D eigenvalue weighted by Gasteiger charge is 2.11. The topological polar surface area (TPSA) is 90.1 Å². The Labute approximate surface area is 157 Å². The first kappa shape index (κ1) is 17.8. The first-order valence-electron chi connectivity index (χ1n) is 7.75. The van der Waals surface area contributed by atoms with Crippen LogP contribution in [0, 0.1) is 17.0 Å². The Balaban J connectivity index is 1.69. The Morgan fingerprint density at radius 3 is 2.58 bits per heavy atom. The molecule has 0 unspecified atom stereocenters. The van der Waals surface area contributed by atoms with Crippen LogP contribution in [0.15, 0.2) is 59.3 Å². The second kappa shape index (κ2) is 7.49. The van der Waals surface area contributed by atoms with Gasteiger partial charge in [-0.05, 0) is 52.2 Å². The Kier molecular flexibility index (Phi) is 5.13. The van der Waals surface area contributed by atoms with Crippen LogP contribution in [0.25, 0.3) is 0 Å². The summed E-state index contributed by atoms with van der Waals surface area (Å²) >= 11 is 3.35. The van der Waals surface area contributed by atoms with E-state index < -0.39 is 4.92 Å². The van der Waals surface area contributed by atoms with Crippen molar-refractivity contribution < 1.29 is 9.72 Å². The highest BCUT2D eigenvalue weighted by molar-refractivity contribution is 9.10. The van der Waals surface area contributed by atoms with E-state index in [1.54, 1.807) is 29.9 Å². The van der Waals surface area contributed by atoms with Gasteiger partial charge in [0.1, 0.15) is 0 Å². The molecule has 0 aliphatic carbocycles. The molecule has 0 spiro atoms. The number of nitro groups is 1. The number of carbonyl (C=O) groups is 1. The molecule has 132 valence electrons. The fraction of sp³-hybridized carbons (Fsp3) is 0.111. The van der Waals surface area contributed by atoms with E-state index in [2.05, 4.69) is 26.3 Å². The number of hydrogen-bond acceptors (Lipinski definition) is 4. The van der Waals surface area contributed by atoms with Crippen molar-refractivity contribution in [3.8, 4) is 0 Å². The minimum atomic E-state index is -0.463. The van der Waals surface area contributed by atoms with Gasteiger partial charge in [0.25, 0.3) is 11.6 Å². The van der Waals surface area contributed by atoms with E-state index in [0.717, 1.165) is 10.0 Å². The lowest BCUT2D eigenvalue weighted by Crippen LogP contribution is -2.13. The molecule has 0 saturated heterocycles. The molecule has 1 N–H and O–H groups in total. The van der Waals surface area contributed by atoms with E-state index in [4.69, 9.17) is 0 Å². The lowest BCUT2D eigenvalue weighted by molar-refractivity contribution is -0.384. The average Bonchev–Trinajstić information content (AvgIpc) is 3.02. The van der Waals surface area contributed by atoms with Crippen LogP contribution in [0.5, 0.6) is 0 Å². The Hall–Kier alpha value is -3.00. The van der Waals surface area contributed by atoms with Crippen molar-refractivity contribution in [3.63, 3.8) is 0 Å². The average molecular weight is 415 g/mol. The van der Waals surface area contributed by atoms with E-state index in [1.165, 1.54) is 18.2 Å². The van der Waals surface area contributed by atoms with Gasteiger partial charge in [-0.25, -0.2) is 0 Å². The summed E-state index contributed by atoms with van der Waals surface area (Å²) in [6.07, 6.45) is 3.59. The van der Waals surface area contributed by atoms with E-state index in [-0.39, 0.29) is 11.6 Å². The number of non-ortho nitro benzene ring substituents is 1. The summed E-state index contributed by atoms with van der Waals surface area (Å²) in [6.45, 7) is 2.32. The van der Waals surface area contributed by atoms with Gasteiger partial charge in [-0.15, -0.1) is 0 Å². The second-order valence-electron chi connectivity index (χ2n) is 5.76. The zero-order valence-corrected chi connectivity index (χ0v) is 15.4. The van der Waals surface area contributed by atoms with Crippen LogP contribution in [0.3, 0.4) is 0 Å². The second-order valence-corrected chi connectivity index (χ2v) is 6.68. The van der Waals surface area contributed by atoms with Crippen molar-refractivity contribution in [2.24, 2.45) is 0 Å². The molecular weight excluding hydrogens is 400 g/mol. The highest BCUT2D eigenvalue weighted by Crippen LogP contribution is 2.22. The number of aryl methyl sites for hydroxylation is 1. The van der Waals surface area contributed by atoms with E-state index in [0.29, 0.717) is 23.4 Å². The summed E-state index contributed by atoms with van der Waals surface area (Å²) in [5.41, 5.74) is 2.70. The number of amides is 1. The molecule has 3 rings (SSSR count). The van der Waals surface area contributed by atoms with Crippen LogP contribution in [0.1, 0.15) is 21.5 Å². The van der Waals surface area contributed by atoms with Gasteiger partial charge in [0.15, 0.2) is 0 Å². The summed E-state index contributed by atoms with van der Waals surface area (Å²) in [4.78, 5) is 22.7.